The van der Waals surface area contributed by atoms with Crippen LogP contribution in [0.5, 0.6) is 0 Å². The first-order valence-corrected chi connectivity index (χ1v) is 12.9. The average molecular weight is 570 g/mol. The summed E-state index contributed by atoms with van der Waals surface area (Å²) in [6.07, 6.45) is 0. The van der Waals surface area contributed by atoms with Gasteiger partial charge < -0.3 is 26.6 Å². The van der Waals surface area contributed by atoms with Crippen LogP contribution >= 0.6 is 11.8 Å². The number of carboxylic acid groups (broad SMARTS) is 2. The van der Waals surface area contributed by atoms with Crippen molar-refractivity contribution in [1.29, 1.82) is 0 Å². The highest BCUT2D eigenvalue weighted by molar-refractivity contribution is 8.00. The molecular formula is C30H23N3O7S. The molecule has 0 fully saturated rings. The van der Waals surface area contributed by atoms with Gasteiger partial charge in [0, 0.05) is 21.8 Å². The van der Waals surface area contributed by atoms with Crippen LogP contribution in [0.1, 0.15) is 52.2 Å². The lowest BCUT2D eigenvalue weighted by atomic mass is 10.0. The van der Waals surface area contributed by atoms with Crippen LogP contribution in [0.25, 0.3) is 0 Å². The molecule has 0 aliphatic rings. The van der Waals surface area contributed by atoms with Crippen LogP contribution in [0.2, 0.25) is 0 Å². The van der Waals surface area contributed by atoms with Gasteiger partial charge in [0.2, 0.25) is 11.8 Å². The second-order valence-electron chi connectivity index (χ2n) is 8.69. The summed E-state index contributed by atoms with van der Waals surface area (Å²) in [5.41, 5.74) is 6.23. The van der Waals surface area contributed by atoms with Gasteiger partial charge >= 0.3 is 11.9 Å². The average Bonchev–Trinajstić information content (AvgIpc) is 2.96. The molecule has 3 amide bonds. The van der Waals surface area contributed by atoms with Gasteiger partial charge in [-0.3, -0.25) is 14.4 Å². The number of anilines is 2. The van der Waals surface area contributed by atoms with Crippen LogP contribution in [0, 0.1) is 0 Å². The van der Waals surface area contributed by atoms with E-state index in [0.29, 0.717) is 21.8 Å². The molecule has 206 valence electrons. The normalized spacial score (nSPS) is 11.2. The molecule has 1 unspecified atom stereocenters. The molecular weight excluding hydrogens is 546 g/mol. The van der Waals surface area contributed by atoms with Gasteiger partial charge in [0.05, 0.1) is 16.7 Å². The van der Waals surface area contributed by atoms with Crippen molar-refractivity contribution in [1.82, 2.24) is 0 Å². The quantitative estimate of drug-likeness (QED) is 0.167. The summed E-state index contributed by atoms with van der Waals surface area (Å²) in [4.78, 5) is 61.2. The van der Waals surface area contributed by atoms with Gasteiger partial charge in [0.1, 0.15) is 5.25 Å². The van der Waals surface area contributed by atoms with Crippen LogP contribution in [-0.2, 0) is 4.79 Å². The highest BCUT2D eigenvalue weighted by atomic mass is 32.2. The fraction of sp³-hybridized carbons (Fsp3) is 0.0333. The highest BCUT2D eigenvalue weighted by Crippen LogP contribution is 2.37. The Morgan fingerprint density at radius 2 is 1.34 bits per heavy atom. The molecule has 1 atom stereocenters. The van der Waals surface area contributed by atoms with Gasteiger partial charge in [0.25, 0.3) is 5.91 Å². The standard InChI is InChI=1S/C30H23N3O7S/c31-26(34)18-9-12-20(13-10-18)32-28(36)25(17-5-2-1-3-6-17)41-22-8-4-7-21(16-22)33-27(35)23-14-11-19(29(37)38)15-24(23)30(39)40/h1-16,25H,(H2,31,34)(H,32,36)(H,33,35)(H,37,38)(H,39,40). The number of carboxylic acids is 2. The lowest BCUT2D eigenvalue weighted by Crippen LogP contribution is -2.19. The number of aromatic carboxylic acids is 2. The van der Waals surface area contributed by atoms with Crippen LogP contribution in [-0.4, -0.2) is 39.9 Å². The first kappa shape index (κ1) is 28.6. The second-order valence-corrected chi connectivity index (χ2v) is 9.87. The zero-order valence-corrected chi connectivity index (χ0v) is 22.1. The van der Waals surface area contributed by atoms with Crippen molar-refractivity contribution in [3.8, 4) is 0 Å². The minimum atomic E-state index is -1.44. The maximum Gasteiger partial charge on any atom is 0.336 e. The number of nitrogens with two attached hydrogens (primary N) is 1. The van der Waals surface area contributed by atoms with Crippen LogP contribution in [0.3, 0.4) is 0 Å². The number of rotatable bonds is 10. The molecule has 0 aromatic heterocycles. The SMILES string of the molecule is NC(=O)c1ccc(NC(=O)C(Sc2cccc(NC(=O)c3ccc(C(=O)O)cc3C(=O)O)c2)c2ccccc2)cc1. The fourth-order valence-electron chi connectivity index (χ4n) is 3.86. The van der Waals surface area contributed by atoms with Gasteiger partial charge in [-0.1, -0.05) is 36.4 Å². The van der Waals surface area contributed by atoms with E-state index >= 15 is 0 Å². The van der Waals surface area contributed by atoms with Crippen molar-refractivity contribution in [2.75, 3.05) is 10.6 Å². The number of thioether (sulfide) groups is 1. The maximum atomic E-state index is 13.4. The Morgan fingerprint density at radius 1 is 0.659 bits per heavy atom. The molecule has 10 nitrogen and oxygen atoms in total. The third-order valence-electron chi connectivity index (χ3n) is 5.86. The Kier molecular flexibility index (Phi) is 8.80. The number of amides is 3. The summed E-state index contributed by atoms with van der Waals surface area (Å²) in [6, 6.07) is 25.2. The van der Waals surface area contributed by atoms with Gasteiger partial charge in [-0.05, 0) is 66.2 Å². The zero-order chi connectivity index (χ0) is 29.5. The van der Waals surface area contributed by atoms with Crippen molar-refractivity contribution in [2.45, 2.75) is 10.1 Å². The number of primary amides is 1. The van der Waals surface area contributed by atoms with Crippen molar-refractivity contribution in [3.05, 3.63) is 125 Å². The molecule has 0 heterocycles. The Morgan fingerprint density at radius 3 is 1.98 bits per heavy atom. The van der Waals surface area contributed by atoms with Crippen LogP contribution < -0.4 is 16.4 Å². The predicted molar refractivity (Wildman–Crippen MR) is 153 cm³/mol. The minimum Gasteiger partial charge on any atom is -0.478 e. The van der Waals surface area contributed by atoms with Gasteiger partial charge in [-0.2, -0.15) is 0 Å². The second kappa shape index (κ2) is 12.6. The summed E-state index contributed by atoms with van der Waals surface area (Å²) in [5, 5.41) is 23.4. The molecule has 4 rings (SSSR count). The Bertz CT molecular complexity index is 1640. The maximum absolute atomic E-state index is 13.4. The number of benzene rings is 4. The summed E-state index contributed by atoms with van der Waals surface area (Å²) in [6.45, 7) is 0. The molecule has 6 N–H and O–H groups in total. The predicted octanol–water partition coefficient (Wildman–Crippen LogP) is 4.91. The van der Waals surface area contributed by atoms with Crippen molar-refractivity contribution < 1.29 is 34.2 Å². The molecule has 4 aromatic carbocycles. The highest BCUT2D eigenvalue weighted by Gasteiger charge is 2.23. The molecule has 0 bridgehead atoms. The Balaban J connectivity index is 1.56. The molecule has 0 aliphatic carbocycles. The number of nitrogens with one attached hydrogen (secondary N) is 2. The van der Waals surface area contributed by atoms with Gasteiger partial charge in [0.15, 0.2) is 0 Å². The Labute approximate surface area is 238 Å². The van der Waals surface area contributed by atoms with Gasteiger partial charge in [-0.15, -0.1) is 11.8 Å². The lowest BCUT2D eigenvalue weighted by Gasteiger charge is -2.18. The van der Waals surface area contributed by atoms with E-state index < -0.39 is 34.6 Å². The summed E-state index contributed by atoms with van der Waals surface area (Å²) >= 11 is 1.23. The first-order valence-electron chi connectivity index (χ1n) is 12.1. The molecule has 11 heteroatoms. The molecule has 4 aromatic rings. The Hall–Kier alpha value is -5.42. The van der Waals surface area contributed by atoms with Crippen molar-refractivity contribution >= 4 is 52.8 Å². The molecule has 0 saturated heterocycles. The monoisotopic (exact) mass is 569 g/mol. The number of carbonyl (C=O) groups is 5. The van der Waals surface area contributed by atoms with Crippen molar-refractivity contribution in [3.63, 3.8) is 0 Å². The molecule has 0 radical (unpaired) electrons. The molecule has 41 heavy (non-hydrogen) atoms. The largest absolute Gasteiger partial charge is 0.478 e. The number of hydrogen-bond donors (Lipinski definition) is 5. The number of hydrogen-bond acceptors (Lipinski definition) is 6. The fourth-order valence-corrected chi connectivity index (χ4v) is 4.94. The topological polar surface area (TPSA) is 176 Å². The summed E-state index contributed by atoms with van der Waals surface area (Å²) in [5.74, 6) is -4.40. The van der Waals surface area contributed by atoms with E-state index in [1.165, 1.54) is 23.9 Å². The minimum absolute atomic E-state index is 0.204. The third kappa shape index (κ3) is 7.16. The van der Waals surface area contributed by atoms with E-state index in [1.54, 1.807) is 36.4 Å². The van der Waals surface area contributed by atoms with E-state index in [1.807, 2.05) is 30.3 Å². The van der Waals surface area contributed by atoms with Gasteiger partial charge in [-0.25, -0.2) is 9.59 Å². The zero-order valence-electron chi connectivity index (χ0n) is 21.2. The van der Waals surface area contributed by atoms with E-state index in [0.717, 1.165) is 23.8 Å². The summed E-state index contributed by atoms with van der Waals surface area (Å²) in [7, 11) is 0. The molecule has 0 aliphatic heterocycles. The third-order valence-corrected chi connectivity index (χ3v) is 7.11. The molecule has 0 saturated carbocycles. The van der Waals surface area contributed by atoms with E-state index in [2.05, 4.69) is 10.6 Å². The smallest absolute Gasteiger partial charge is 0.336 e. The van der Waals surface area contributed by atoms with E-state index in [9.17, 15) is 29.1 Å². The van der Waals surface area contributed by atoms with Crippen LogP contribution in [0.15, 0.2) is 102 Å². The molecule has 0 spiro atoms. The van der Waals surface area contributed by atoms with Crippen molar-refractivity contribution in [2.24, 2.45) is 5.73 Å². The first-order chi connectivity index (χ1) is 19.6. The van der Waals surface area contributed by atoms with E-state index in [-0.39, 0.29) is 17.0 Å². The number of carbonyl (C=O) groups excluding carboxylic acids is 3. The van der Waals surface area contributed by atoms with Crippen LogP contribution in [0.4, 0.5) is 11.4 Å². The lowest BCUT2D eigenvalue weighted by molar-refractivity contribution is -0.115. The van der Waals surface area contributed by atoms with E-state index in [4.69, 9.17) is 10.8 Å². The summed E-state index contributed by atoms with van der Waals surface area (Å²) < 4.78 is 0.